The zero-order valence-electron chi connectivity index (χ0n) is 9.54. The highest BCUT2D eigenvalue weighted by Gasteiger charge is 2.21. The van der Waals surface area contributed by atoms with Gasteiger partial charge in [0.15, 0.2) is 5.65 Å². The lowest BCUT2D eigenvalue weighted by Gasteiger charge is -2.26. The Morgan fingerprint density at radius 3 is 2.88 bits per heavy atom. The van der Waals surface area contributed by atoms with Gasteiger partial charge in [-0.15, -0.1) is 0 Å². The maximum atomic E-state index is 12.3. The Bertz CT molecular complexity index is 542. The molecule has 1 amide bonds. The third-order valence-corrected chi connectivity index (χ3v) is 3.15. The van der Waals surface area contributed by atoms with E-state index in [1.807, 2.05) is 4.90 Å². The zero-order chi connectivity index (χ0) is 11.7. The van der Waals surface area contributed by atoms with E-state index < -0.39 is 0 Å². The van der Waals surface area contributed by atoms with Gasteiger partial charge in [-0.2, -0.15) is 5.10 Å². The minimum atomic E-state index is 0.0541. The summed E-state index contributed by atoms with van der Waals surface area (Å²) in [6.07, 6.45) is 8.51. The normalized spacial score (nSPS) is 16.4. The molecule has 1 aliphatic rings. The summed E-state index contributed by atoms with van der Waals surface area (Å²) in [5.74, 6) is 0.0541. The molecule has 88 valence electrons. The number of carbonyl (C=O) groups excluding carboxylic acids is 1. The Morgan fingerprint density at radius 1 is 1.24 bits per heavy atom. The van der Waals surface area contributed by atoms with Gasteiger partial charge < -0.3 is 4.90 Å². The molecule has 0 saturated carbocycles. The topological polar surface area (TPSA) is 50.5 Å². The standard InChI is InChI=1S/C12H14N4O/c17-12(15-6-2-1-3-7-15)10-9-14-16-8-4-5-13-11(10)16/h4-5,8-9H,1-3,6-7H2. The number of piperidine rings is 1. The summed E-state index contributed by atoms with van der Waals surface area (Å²) in [6.45, 7) is 1.70. The summed E-state index contributed by atoms with van der Waals surface area (Å²) in [5.41, 5.74) is 1.25. The molecule has 0 spiro atoms. The van der Waals surface area contributed by atoms with Crippen LogP contribution in [0.3, 0.4) is 0 Å². The number of nitrogens with zero attached hydrogens (tertiary/aromatic N) is 4. The summed E-state index contributed by atoms with van der Waals surface area (Å²) in [7, 11) is 0. The second kappa shape index (κ2) is 4.16. The first-order valence-electron chi connectivity index (χ1n) is 5.94. The van der Waals surface area contributed by atoms with Gasteiger partial charge in [-0.05, 0) is 25.3 Å². The van der Waals surface area contributed by atoms with E-state index >= 15 is 0 Å². The summed E-state index contributed by atoms with van der Waals surface area (Å²) in [4.78, 5) is 18.4. The summed E-state index contributed by atoms with van der Waals surface area (Å²) in [5, 5.41) is 4.14. The van der Waals surface area contributed by atoms with E-state index in [1.165, 1.54) is 6.42 Å². The molecule has 5 nitrogen and oxygen atoms in total. The molecule has 2 aromatic rings. The van der Waals surface area contributed by atoms with Crippen LogP contribution in [0.2, 0.25) is 0 Å². The molecule has 0 aromatic carbocycles. The molecule has 3 rings (SSSR count). The minimum Gasteiger partial charge on any atom is -0.338 e. The largest absolute Gasteiger partial charge is 0.338 e. The van der Waals surface area contributed by atoms with Crippen LogP contribution in [0.5, 0.6) is 0 Å². The van der Waals surface area contributed by atoms with Crippen LogP contribution in [-0.2, 0) is 0 Å². The van der Waals surface area contributed by atoms with Crippen molar-refractivity contribution in [2.24, 2.45) is 0 Å². The SMILES string of the molecule is O=C(c1cnn2cccnc12)N1CCCCC1. The van der Waals surface area contributed by atoms with Crippen molar-refractivity contribution in [1.29, 1.82) is 0 Å². The minimum absolute atomic E-state index is 0.0541. The van der Waals surface area contributed by atoms with Crippen LogP contribution in [0, 0.1) is 0 Å². The summed E-state index contributed by atoms with van der Waals surface area (Å²) < 4.78 is 1.64. The van der Waals surface area contributed by atoms with E-state index in [0.717, 1.165) is 25.9 Å². The van der Waals surface area contributed by atoms with Gasteiger partial charge >= 0.3 is 0 Å². The van der Waals surface area contributed by atoms with Crippen molar-refractivity contribution in [3.8, 4) is 0 Å². The monoisotopic (exact) mass is 230 g/mol. The lowest BCUT2D eigenvalue weighted by atomic mass is 10.1. The van der Waals surface area contributed by atoms with Crippen molar-refractivity contribution in [2.45, 2.75) is 19.3 Å². The van der Waals surface area contributed by atoms with Gasteiger partial charge in [0, 0.05) is 25.5 Å². The first kappa shape index (κ1) is 10.3. The van der Waals surface area contributed by atoms with Crippen LogP contribution in [0.1, 0.15) is 29.6 Å². The molecule has 1 fully saturated rings. The third-order valence-electron chi connectivity index (χ3n) is 3.15. The molecule has 0 unspecified atom stereocenters. The first-order valence-corrected chi connectivity index (χ1v) is 5.94. The molecule has 3 heterocycles. The second-order valence-electron chi connectivity index (χ2n) is 4.30. The van der Waals surface area contributed by atoms with E-state index in [9.17, 15) is 4.79 Å². The van der Waals surface area contributed by atoms with Crippen molar-refractivity contribution in [3.63, 3.8) is 0 Å². The van der Waals surface area contributed by atoms with Crippen LogP contribution in [-0.4, -0.2) is 38.5 Å². The van der Waals surface area contributed by atoms with Gasteiger partial charge in [0.2, 0.25) is 0 Å². The summed E-state index contributed by atoms with van der Waals surface area (Å²) >= 11 is 0. The van der Waals surface area contributed by atoms with Crippen molar-refractivity contribution >= 4 is 11.6 Å². The predicted molar refractivity (Wildman–Crippen MR) is 62.7 cm³/mol. The molecule has 17 heavy (non-hydrogen) atoms. The molecular formula is C12H14N4O. The van der Waals surface area contributed by atoms with Gasteiger partial charge in [0.25, 0.3) is 5.91 Å². The van der Waals surface area contributed by atoms with E-state index in [1.54, 1.807) is 29.2 Å². The Hall–Kier alpha value is -1.91. The fourth-order valence-corrected chi connectivity index (χ4v) is 2.25. The molecule has 5 heteroatoms. The molecule has 0 radical (unpaired) electrons. The number of likely N-dealkylation sites (tertiary alicyclic amines) is 1. The zero-order valence-corrected chi connectivity index (χ0v) is 9.54. The molecule has 1 saturated heterocycles. The predicted octanol–water partition coefficient (Wildman–Crippen LogP) is 1.36. The van der Waals surface area contributed by atoms with E-state index in [4.69, 9.17) is 0 Å². The van der Waals surface area contributed by atoms with Gasteiger partial charge in [-0.3, -0.25) is 4.79 Å². The highest BCUT2D eigenvalue weighted by molar-refractivity contribution is 5.99. The van der Waals surface area contributed by atoms with Crippen molar-refractivity contribution in [3.05, 3.63) is 30.2 Å². The molecule has 1 aliphatic heterocycles. The number of hydrogen-bond acceptors (Lipinski definition) is 3. The maximum absolute atomic E-state index is 12.3. The average Bonchev–Trinajstić information content (AvgIpc) is 2.83. The van der Waals surface area contributed by atoms with Crippen molar-refractivity contribution < 1.29 is 4.79 Å². The van der Waals surface area contributed by atoms with Crippen LogP contribution >= 0.6 is 0 Å². The van der Waals surface area contributed by atoms with Crippen LogP contribution in [0.4, 0.5) is 0 Å². The van der Waals surface area contributed by atoms with Crippen LogP contribution in [0.15, 0.2) is 24.7 Å². The fourth-order valence-electron chi connectivity index (χ4n) is 2.25. The highest BCUT2D eigenvalue weighted by Crippen LogP contribution is 2.15. The quantitative estimate of drug-likeness (QED) is 0.743. The third kappa shape index (κ3) is 1.77. The Morgan fingerprint density at radius 2 is 2.06 bits per heavy atom. The molecule has 0 aliphatic carbocycles. The van der Waals surface area contributed by atoms with Gasteiger partial charge in [0.1, 0.15) is 5.56 Å². The maximum Gasteiger partial charge on any atom is 0.259 e. The lowest BCUT2D eigenvalue weighted by molar-refractivity contribution is 0.0726. The van der Waals surface area contributed by atoms with Crippen molar-refractivity contribution in [2.75, 3.05) is 13.1 Å². The number of carbonyl (C=O) groups is 1. The van der Waals surface area contributed by atoms with E-state index in [2.05, 4.69) is 10.1 Å². The molecular weight excluding hydrogens is 216 g/mol. The Kier molecular flexibility index (Phi) is 2.51. The summed E-state index contributed by atoms with van der Waals surface area (Å²) in [6, 6.07) is 1.80. The molecule has 0 atom stereocenters. The van der Waals surface area contributed by atoms with Crippen molar-refractivity contribution in [1.82, 2.24) is 19.5 Å². The van der Waals surface area contributed by atoms with Gasteiger partial charge in [-0.25, -0.2) is 9.50 Å². The second-order valence-corrected chi connectivity index (χ2v) is 4.30. The number of hydrogen-bond donors (Lipinski definition) is 0. The van der Waals surface area contributed by atoms with Gasteiger partial charge in [0.05, 0.1) is 6.20 Å². The lowest BCUT2D eigenvalue weighted by Crippen LogP contribution is -2.35. The fraction of sp³-hybridized carbons (Fsp3) is 0.417. The molecule has 0 bridgehead atoms. The van der Waals surface area contributed by atoms with Gasteiger partial charge in [-0.1, -0.05) is 0 Å². The number of fused-ring (bicyclic) bond motifs is 1. The number of aromatic nitrogens is 3. The first-order chi connectivity index (χ1) is 8.36. The molecule has 2 aromatic heterocycles. The average molecular weight is 230 g/mol. The van der Waals surface area contributed by atoms with Crippen LogP contribution < -0.4 is 0 Å². The molecule has 0 N–H and O–H groups in total. The van der Waals surface area contributed by atoms with E-state index in [0.29, 0.717) is 11.2 Å². The highest BCUT2D eigenvalue weighted by atomic mass is 16.2. The Labute approximate surface area is 99.1 Å². The number of amides is 1. The van der Waals surface area contributed by atoms with Crippen LogP contribution in [0.25, 0.3) is 5.65 Å². The smallest absolute Gasteiger partial charge is 0.259 e. The number of rotatable bonds is 1. The van der Waals surface area contributed by atoms with E-state index in [-0.39, 0.29) is 5.91 Å². The Balaban J connectivity index is 1.95.